The number of aryl methyl sites for hydroxylation is 1. The summed E-state index contributed by atoms with van der Waals surface area (Å²) >= 11 is 0. The number of benzene rings is 3. The summed E-state index contributed by atoms with van der Waals surface area (Å²) in [7, 11) is 1.95. The van der Waals surface area contributed by atoms with Gasteiger partial charge >= 0.3 is 0 Å². The fourth-order valence-electron chi connectivity index (χ4n) is 4.48. The van der Waals surface area contributed by atoms with Gasteiger partial charge in [-0.15, -0.1) is 0 Å². The van der Waals surface area contributed by atoms with Crippen molar-refractivity contribution in [1.82, 2.24) is 0 Å². The van der Waals surface area contributed by atoms with Crippen LogP contribution in [-0.4, -0.2) is 37.0 Å². The normalized spacial score (nSPS) is 19.4. The molecule has 33 heavy (non-hydrogen) atoms. The highest BCUT2D eigenvalue weighted by Gasteiger charge is 2.47. The number of carbonyl (C=O) groups is 2. The molecular weight excluding hydrogens is 416 g/mol. The molecule has 3 aromatic carbocycles. The number of anilines is 2. The lowest BCUT2D eigenvalue weighted by Gasteiger charge is -2.28. The Morgan fingerprint density at radius 3 is 2.55 bits per heavy atom. The summed E-state index contributed by atoms with van der Waals surface area (Å²) in [4.78, 5) is 30.0. The topological polar surface area (TPSA) is 70.1 Å². The van der Waals surface area contributed by atoms with Gasteiger partial charge in [0.2, 0.25) is 0 Å². The number of rotatable bonds is 3. The van der Waals surface area contributed by atoms with Crippen molar-refractivity contribution in [1.29, 1.82) is 0 Å². The molecule has 1 atom stereocenters. The minimum Gasteiger partial charge on any atom is -0.507 e. The number of hydrogen-bond donors (Lipinski definition) is 1. The predicted octanol–water partition coefficient (Wildman–Crippen LogP) is 4.45. The summed E-state index contributed by atoms with van der Waals surface area (Å²) in [6.45, 7) is 3.24. The monoisotopic (exact) mass is 440 g/mol. The molecule has 2 heterocycles. The largest absolute Gasteiger partial charge is 0.507 e. The van der Waals surface area contributed by atoms with Crippen LogP contribution in [0.4, 0.5) is 11.4 Å². The van der Waals surface area contributed by atoms with Crippen LogP contribution in [0.2, 0.25) is 0 Å². The highest BCUT2D eigenvalue weighted by molar-refractivity contribution is 6.51. The molecule has 0 bridgehead atoms. The first-order valence-electron chi connectivity index (χ1n) is 10.9. The van der Waals surface area contributed by atoms with Crippen LogP contribution >= 0.6 is 0 Å². The zero-order chi connectivity index (χ0) is 23.1. The Balaban J connectivity index is 1.70. The van der Waals surface area contributed by atoms with Crippen LogP contribution in [0.1, 0.15) is 22.7 Å². The Labute approximate surface area is 192 Å². The molecule has 166 valence electrons. The molecule has 2 aliphatic rings. The molecule has 6 nitrogen and oxygen atoms in total. The van der Waals surface area contributed by atoms with E-state index in [1.54, 1.807) is 24.3 Å². The van der Waals surface area contributed by atoms with Crippen molar-refractivity contribution in [3.8, 4) is 5.75 Å². The zero-order valence-electron chi connectivity index (χ0n) is 18.5. The number of aliphatic hydroxyl groups excluding tert-OH is 1. The van der Waals surface area contributed by atoms with E-state index in [-0.39, 0.29) is 11.3 Å². The molecular formula is C27H24N2O4. The summed E-state index contributed by atoms with van der Waals surface area (Å²) in [5.41, 5.74) is 3.71. The first-order valence-corrected chi connectivity index (χ1v) is 10.9. The maximum absolute atomic E-state index is 13.3. The smallest absolute Gasteiger partial charge is 0.300 e. The molecule has 1 N–H and O–H groups in total. The van der Waals surface area contributed by atoms with Gasteiger partial charge in [-0.2, -0.15) is 0 Å². The maximum Gasteiger partial charge on any atom is 0.300 e. The van der Waals surface area contributed by atoms with Crippen molar-refractivity contribution in [3.63, 3.8) is 0 Å². The average molecular weight is 440 g/mol. The van der Waals surface area contributed by atoms with Gasteiger partial charge in [0.15, 0.2) is 0 Å². The van der Waals surface area contributed by atoms with Crippen molar-refractivity contribution in [2.24, 2.45) is 0 Å². The second-order valence-electron chi connectivity index (χ2n) is 8.37. The third-order valence-electron chi connectivity index (χ3n) is 6.17. The molecule has 0 radical (unpaired) electrons. The zero-order valence-corrected chi connectivity index (χ0v) is 18.5. The number of hydrogen-bond acceptors (Lipinski definition) is 5. The van der Waals surface area contributed by atoms with Crippen molar-refractivity contribution in [3.05, 3.63) is 95.1 Å². The third kappa shape index (κ3) is 3.53. The summed E-state index contributed by atoms with van der Waals surface area (Å²) in [5.74, 6) is -0.834. The number of ether oxygens (including phenoxy) is 1. The summed E-state index contributed by atoms with van der Waals surface area (Å²) in [6.07, 6.45) is 0. The molecule has 1 saturated heterocycles. The van der Waals surface area contributed by atoms with E-state index < -0.39 is 17.7 Å². The van der Waals surface area contributed by atoms with Crippen molar-refractivity contribution >= 4 is 28.8 Å². The van der Waals surface area contributed by atoms with Gasteiger partial charge in [0.25, 0.3) is 11.7 Å². The first-order chi connectivity index (χ1) is 16.0. The number of amides is 1. The number of fused-ring (bicyclic) bond motifs is 1. The first kappa shape index (κ1) is 20.8. The fourth-order valence-corrected chi connectivity index (χ4v) is 4.48. The van der Waals surface area contributed by atoms with Crippen LogP contribution in [0.3, 0.4) is 0 Å². The molecule has 6 heteroatoms. The average Bonchev–Trinajstić information content (AvgIpc) is 3.10. The molecule has 0 spiro atoms. The molecule has 1 amide bonds. The Bertz CT molecular complexity index is 1280. The van der Waals surface area contributed by atoms with Gasteiger partial charge in [-0.05, 0) is 48.4 Å². The number of likely N-dealkylation sites (N-methyl/N-ethyl adjacent to an activating group) is 1. The van der Waals surface area contributed by atoms with Gasteiger partial charge in [0, 0.05) is 18.3 Å². The lowest BCUT2D eigenvalue weighted by Crippen LogP contribution is -2.29. The standard InChI is InChI=1S/C27H24N2O4/c1-17-7-6-10-20(15-17)29-24(18-8-4-3-5-9-18)23(26(31)27(29)32)25(30)19-11-12-22-21(16-19)28(2)13-14-33-22/h3-12,15-16,24,30H,13-14H2,1-2H3/b25-23-. The van der Waals surface area contributed by atoms with Gasteiger partial charge < -0.3 is 14.7 Å². The molecule has 5 rings (SSSR count). The molecule has 2 aliphatic heterocycles. The minimum absolute atomic E-state index is 0.0760. The van der Waals surface area contributed by atoms with Crippen LogP contribution < -0.4 is 14.5 Å². The highest BCUT2D eigenvalue weighted by Crippen LogP contribution is 2.43. The second kappa shape index (κ2) is 8.13. The van der Waals surface area contributed by atoms with Crippen molar-refractivity contribution < 1.29 is 19.4 Å². The van der Waals surface area contributed by atoms with E-state index in [0.29, 0.717) is 17.9 Å². The number of carbonyl (C=O) groups excluding carboxylic acids is 2. The van der Waals surface area contributed by atoms with Gasteiger partial charge in [0.05, 0.1) is 23.8 Å². The number of aliphatic hydroxyl groups is 1. The van der Waals surface area contributed by atoms with E-state index in [9.17, 15) is 14.7 Å². The molecule has 0 saturated carbocycles. The van der Waals surface area contributed by atoms with Gasteiger partial charge in [-0.3, -0.25) is 14.5 Å². The Morgan fingerprint density at radius 2 is 1.79 bits per heavy atom. The van der Waals surface area contributed by atoms with E-state index >= 15 is 0 Å². The molecule has 1 fully saturated rings. The van der Waals surface area contributed by atoms with E-state index in [0.717, 1.165) is 29.1 Å². The molecule has 0 aromatic heterocycles. The highest BCUT2D eigenvalue weighted by atomic mass is 16.5. The van der Waals surface area contributed by atoms with E-state index in [1.807, 2.05) is 67.4 Å². The van der Waals surface area contributed by atoms with E-state index in [4.69, 9.17) is 4.74 Å². The number of nitrogens with zero attached hydrogens (tertiary/aromatic N) is 2. The predicted molar refractivity (Wildman–Crippen MR) is 128 cm³/mol. The Hall–Kier alpha value is -4.06. The quantitative estimate of drug-likeness (QED) is 0.370. The molecule has 0 aliphatic carbocycles. The molecule has 1 unspecified atom stereocenters. The Kier molecular flexibility index (Phi) is 5.13. The maximum atomic E-state index is 13.3. The SMILES string of the molecule is Cc1cccc(N2C(=O)C(=O)/C(=C(\O)c3ccc4c(c3)N(C)CCO4)C2c2ccccc2)c1. The third-order valence-corrected chi connectivity index (χ3v) is 6.17. The summed E-state index contributed by atoms with van der Waals surface area (Å²) < 4.78 is 5.70. The lowest BCUT2D eigenvalue weighted by molar-refractivity contribution is -0.132. The van der Waals surface area contributed by atoms with Crippen LogP contribution in [-0.2, 0) is 9.59 Å². The van der Waals surface area contributed by atoms with Crippen molar-refractivity contribution in [2.45, 2.75) is 13.0 Å². The summed E-state index contributed by atoms with van der Waals surface area (Å²) in [6, 6.07) is 21.3. The van der Waals surface area contributed by atoms with Crippen LogP contribution in [0.5, 0.6) is 5.75 Å². The minimum atomic E-state index is -0.738. The van der Waals surface area contributed by atoms with Gasteiger partial charge in [0.1, 0.15) is 18.1 Å². The fraction of sp³-hybridized carbons (Fsp3) is 0.185. The lowest BCUT2D eigenvalue weighted by atomic mass is 9.94. The van der Waals surface area contributed by atoms with Crippen molar-refractivity contribution in [2.75, 3.05) is 30.0 Å². The van der Waals surface area contributed by atoms with Crippen LogP contribution in [0.15, 0.2) is 78.4 Å². The number of ketones is 1. The number of Topliss-reactive ketones (excluding diaryl/α,β-unsaturated/α-hetero) is 1. The van der Waals surface area contributed by atoms with Crippen LogP contribution in [0.25, 0.3) is 5.76 Å². The molecule has 3 aromatic rings. The second-order valence-corrected chi connectivity index (χ2v) is 8.37. The van der Waals surface area contributed by atoms with E-state index in [2.05, 4.69) is 0 Å². The van der Waals surface area contributed by atoms with Gasteiger partial charge in [-0.25, -0.2) is 0 Å². The Morgan fingerprint density at radius 1 is 1.00 bits per heavy atom. The van der Waals surface area contributed by atoms with E-state index in [1.165, 1.54) is 4.90 Å². The van der Waals surface area contributed by atoms with Gasteiger partial charge in [-0.1, -0.05) is 42.5 Å². The summed E-state index contributed by atoms with van der Waals surface area (Å²) in [5, 5.41) is 11.4. The van der Waals surface area contributed by atoms with Crippen LogP contribution in [0, 0.1) is 6.92 Å².